The standard InChI is InChI=1S/C6H14O12P2.Ti/c7-3(1-17-19(11,12)13)5(9)6(10)4(8)2-18-20(14,15)16;/h3,5-7,9-10H,1-2H2,(H2,11,12,13)(H2,14,15,16);/q;+4/p-4. The van der Waals surface area contributed by atoms with E-state index in [-0.39, 0.29) is 21.7 Å². The monoisotopic (exact) mass is 384 g/mol. The van der Waals surface area contributed by atoms with Gasteiger partial charge in [-0.3, -0.25) is 4.79 Å². The van der Waals surface area contributed by atoms with Crippen molar-refractivity contribution in [3.05, 3.63) is 0 Å². The van der Waals surface area contributed by atoms with Crippen LogP contribution in [0.2, 0.25) is 0 Å². The molecule has 0 fully saturated rings. The average Bonchev–Trinajstić information content (AvgIpc) is 2.29. The van der Waals surface area contributed by atoms with Gasteiger partial charge in [0.05, 0.1) is 22.3 Å². The normalized spacial score (nSPS) is 16.7. The molecule has 3 atom stereocenters. The first kappa shape index (κ1) is 23.7. The van der Waals surface area contributed by atoms with Crippen LogP contribution in [0.3, 0.4) is 0 Å². The van der Waals surface area contributed by atoms with Crippen molar-refractivity contribution in [3.63, 3.8) is 0 Å². The minimum atomic E-state index is -5.47. The number of phosphoric acid groups is 2. The fraction of sp³-hybridized carbons (Fsp3) is 0.833. The molecule has 15 heteroatoms. The predicted octanol–water partition coefficient (Wildman–Crippen LogP) is -5.67. The third-order valence-corrected chi connectivity index (χ3v) is 2.73. The van der Waals surface area contributed by atoms with Crippen LogP contribution in [-0.4, -0.2) is 52.6 Å². The van der Waals surface area contributed by atoms with Crippen molar-refractivity contribution in [2.75, 3.05) is 13.2 Å². The second-order valence-electron chi connectivity index (χ2n) is 3.43. The van der Waals surface area contributed by atoms with Crippen molar-refractivity contribution >= 4 is 21.4 Å². The molecular formula is C6H10O12P2Ti. The van der Waals surface area contributed by atoms with E-state index in [1.54, 1.807) is 0 Å². The quantitative estimate of drug-likeness (QED) is 0.250. The summed E-state index contributed by atoms with van der Waals surface area (Å²) in [6.45, 7) is -2.63. The third kappa shape index (κ3) is 11.7. The van der Waals surface area contributed by atoms with Gasteiger partial charge in [-0.1, -0.05) is 0 Å². The van der Waals surface area contributed by atoms with E-state index in [0.29, 0.717) is 0 Å². The molecule has 3 unspecified atom stereocenters. The Hall–Kier alpha value is 0.484. The van der Waals surface area contributed by atoms with Gasteiger partial charge in [-0.05, 0) is 0 Å². The Bertz CT molecular complexity index is 416. The summed E-state index contributed by atoms with van der Waals surface area (Å²) in [5.74, 6) is -1.48. The van der Waals surface area contributed by atoms with Gasteiger partial charge >= 0.3 is 21.7 Å². The Morgan fingerprint density at radius 2 is 1.43 bits per heavy atom. The molecule has 0 heterocycles. The fourth-order valence-electron chi connectivity index (χ4n) is 0.895. The van der Waals surface area contributed by atoms with Gasteiger partial charge in [0.1, 0.15) is 24.9 Å². The molecule has 12 nitrogen and oxygen atoms in total. The van der Waals surface area contributed by atoms with Crippen molar-refractivity contribution in [3.8, 4) is 0 Å². The van der Waals surface area contributed by atoms with E-state index < -0.39 is 53.0 Å². The molecule has 120 valence electrons. The number of aliphatic hydroxyl groups excluding tert-OH is 3. The zero-order valence-electron chi connectivity index (χ0n) is 10.1. The first-order valence-electron chi connectivity index (χ1n) is 4.73. The molecule has 0 aromatic heterocycles. The van der Waals surface area contributed by atoms with Gasteiger partial charge in [-0.2, -0.15) is 0 Å². The molecule has 0 radical (unpaired) electrons. The molecule has 0 rings (SSSR count). The minimum Gasteiger partial charge on any atom is -0.790 e. The number of rotatable bonds is 9. The van der Waals surface area contributed by atoms with Crippen LogP contribution in [0.25, 0.3) is 0 Å². The molecule has 0 aliphatic carbocycles. The summed E-state index contributed by atoms with van der Waals surface area (Å²) in [4.78, 5) is 51.4. The zero-order chi connectivity index (χ0) is 16.1. The smallest absolute Gasteiger partial charge is 0.790 e. The van der Waals surface area contributed by atoms with E-state index >= 15 is 0 Å². The Morgan fingerprint density at radius 3 is 1.81 bits per heavy atom. The van der Waals surface area contributed by atoms with Gasteiger partial charge in [0, 0.05) is 0 Å². The van der Waals surface area contributed by atoms with Crippen molar-refractivity contribution in [1.29, 1.82) is 0 Å². The second kappa shape index (κ2) is 9.58. The number of carbonyl (C=O) groups excluding carboxylic acids is 1. The van der Waals surface area contributed by atoms with E-state index in [1.165, 1.54) is 0 Å². The molecular weight excluding hydrogens is 374 g/mol. The number of hydrogen-bond acceptors (Lipinski definition) is 12. The van der Waals surface area contributed by atoms with Gasteiger partial charge in [-0.15, -0.1) is 0 Å². The number of phosphoric ester groups is 2. The predicted molar refractivity (Wildman–Crippen MR) is 50.1 cm³/mol. The van der Waals surface area contributed by atoms with Crippen LogP contribution in [-0.2, 0) is 44.7 Å². The molecule has 3 N–H and O–H groups in total. The first-order valence-corrected chi connectivity index (χ1v) is 7.65. The number of aliphatic hydroxyl groups is 3. The van der Waals surface area contributed by atoms with E-state index in [9.17, 15) is 38.6 Å². The van der Waals surface area contributed by atoms with Crippen LogP contribution in [0.15, 0.2) is 0 Å². The van der Waals surface area contributed by atoms with Gasteiger partial charge in [0.15, 0.2) is 5.78 Å². The molecule has 0 saturated carbocycles. The maximum atomic E-state index is 11.1. The van der Waals surface area contributed by atoms with Crippen LogP contribution < -0.4 is 19.6 Å². The maximum Gasteiger partial charge on any atom is 4.00 e. The molecule has 0 aromatic carbocycles. The summed E-state index contributed by atoms with van der Waals surface area (Å²) in [5, 5.41) is 27.5. The summed E-state index contributed by atoms with van der Waals surface area (Å²) in [6, 6.07) is 0. The molecule has 0 amide bonds. The van der Waals surface area contributed by atoms with Crippen molar-refractivity contribution in [2.45, 2.75) is 18.3 Å². The fourth-order valence-corrected chi connectivity index (χ4v) is 1.52. The SMILES string of the molecule is O=C(COP(=O)([O-])[O-])C(O)C(O)C(O)COP(=O)([O-])[O-].[Ti+4]. The number of hydrogen-bond donors (Lipinski definition) is 3. The van der Waals surface area contributed by atoms with E-state index in [4.69, 9.17) is 10.2 Å². The van der Waals surface area contributed by atoms with Crippen LogP contribution in [0, 0.1) is 0 Å². The zero-order valence-corrected chi connectivity index (χ0v) is 13.4. The summed E-state index contributed by atoms with van der Waals surface area (Å²) in [6.07, 6.45) is -6.83. The van der Waals surface area contributed by atoms with Crippen molar-refractivity contribution in [2.24, 2.45) is 0 Å². The van der Waals surface area contributed by atoms with Crippen LogP contribution in [0.4, 0.5) is 0 Å². The molecule has 0 bridgehead atoms. The number of carbonyl (C=O) groups is 1. The summed E-state index contributed by atoms with van der Waals surface area (Å²) >= 11 is 0. The minimum absolute atomic E-state index is 0. The third-order valence-electron chi connectivity index (χ3n) is 1.82. The van der Waals surface area contributed by atoms with Crippen LogP contribution in [0.1, 0.15) is 0 Å². The average molecular weight is 384 g/mol. The number of ketones is 1. The van der Waals surface area contributed by atoms with E-state index in [1.807, 2.05) is 0 Å². The largest absolute Gasteiger partial charge is 4.00 e. The Morgan fingerprint density at radius 1 is 1.00 bits per heavy atom. The van der Waals surface area contributed by atoms with E-state index in [2.05, 4.69) is 9.05 Å². The Labute approximate surface area is 133 Å². The molecule has 0 aromatic rings. The molecule has 0 aliphatic heterocycles. The topological polar surface area (TPSA) is 223 Å². The van der Waals surface area contributed by atoms with Gasteiger partial charge in [0.25, 0.3) is 0 Å². The number of Topliss-reactive ketones (excluding diaryl/α,β-unsaturated/α-hetero) is 1. The molecule has 0 saturated heterocycles. The van der Waals surface area contributed by atoms with Crippen molar-refractivity contribution in [1.82, 2.24) is 0 Å². The summed E-state index contributed by atoms with van der Waals surface area (Å²) < 4.78 is 27.3. The summed E-state index contributed by atoms with van der Waals surface area (Å²) in [5.41, 5.74) is 0. The first-order chi connectivity index (χ1) is 8.83. The molecule has 21 heavy (non-hydrogen) atoms. The van der Waals surface area contributed by atoms with Gasteiger partial charge in [-0.25, -0.2) is 0 Å². The van der Waals surface area contributed by atoms with E-state index in [0.717, 1.165) is 0 Å². The van der Waals surface area contributed by atoms with Crippen molar-refractivity contribution < 1.29 is 79.6 Å². The van der Waals surface area contributed by atoms with Gasteiger partial charge in [0.2, 0.25) is 0 Å². The second-order valence-corrected chi connectivity index (χ2v) is 5.74. The molecule has 0 aliphatic rings. The van der Waals surface area contributed by atoms with Crippen LogP contribution in [0.5, 0.6) is 0 Å². The Kier molecular flexibility index (Phi) is 10.8. The molecule has 0 spiro atoms. The maximum absolute atomic E-state index is 11.1. The summed E-state index contributed by atoms with van der Waals surface area (Å²) in [7, 11) is -10.9. The van der Waals surface area contributed by atoms with Crippen LogP contribution >= 0.6 is 15.6 Å². The Balaban J connectivity index is 0. The van der Waals surface area contributed by atoms with Gasteiger partial charge < -0.3 is 53.1 Å².